The molecule has 3 aromatic rings. The molecule has 2 aromatic heterocycles. The maximum Gasteiger partial charge on any atom is 0.270 e. The van der Waals surface area contributed by atoms with E-state index in [1.54, 1.807) is 11.3 Å². The van der Waals surface area contributed by atoms with Crippen molar-refractivity contribution < 1.29 is 14.8 Å². The Labute approximate surface area is 173 Å². The van der Waals surface area contributed by atoms with Gasteiger partial charge in [-0.25, -0.2) is 0 Å². The molecule has 4 N–H and O–H groups in total. The Morgan fingerprint density at radius 3 is 2.73 bits per heavy atom. The Balaban J connectivity index is 1.70. The number of nitrogens with zero attached hydrogens (tertiary/aromatic N) is 1. The molecule has 10 heteroatoms. The van der Waals surface area contributed by atoms with E-state index in [4.69, 9.17) is 0 Å². The summed E-state index contributed by atoms with van der Waals surface area (Å²) in [6.45, 7) is 0. The number of anilines is 1. The van der Waals surface area contributed by atoms with Gasteiger partial charge < -0.3 is 10.4 Å². The molecule has 0 saturated carbocycles. The van der Waals surface area contributed by atoms with Crippen LogP contribution in [-0.2, 0) is 4.79 Å². The molecule has 30 heavy (non-hydrogen) atoms. The van der Waals surface area contributed by atoms with E-state index in [2.05, 4.69) is 15.5 Å². The first-order valence-electron chi connectivity index (χ1n) is 9.28. The first kappa shape index (κ1) is 18.4. The maximum absolute atomic E-state index is 13.3. The minimum atomic E-state index is -0.900. The number of non-ortho nitro benzene ring substituents is 1. The van der Waals surface area contributed by atoms with E-state index in [9.17, 15) is 24.8 Å². The van der Waals surface area contributed by atoms with Gasteiger partial charge >= 0.3 is 0 Å². The smallest absolute Gasteiger partial charge is 0.270 e. The van der Waals surface area contributed by atoms with Crippen molar-refractivity contribution in [3.8, 4) is 5.75 Å². The fourth-order valence-electron chi connectivity index (χ4n) is 4.34. The van der Waals surface area contributed by atoms with Gasteiger partial charge in [-0.15, -0.1) is 11.3 Å². The summed E-state index contributed by atoms with van der Waals surface area (Å²) in [5, 5.41) is 32.2. The number of aromatic hydroxyl groups is 1. The molecule has 2 aliphatic rings. The molecule has 1 aliphatic carbocycles. The van der Waals surface area contributed by atoms with Crippen molar-refractivity contribution in [2.45, 2.75) is 24.7 Å². The van der Waals surface area contributed by atoms with Gasteiger partial charge in [0.05, 0.1) is 16.4 Å². The number of phenols is 1. The summed E-state index contributed by atoms with van der Waals surface area (Å²) in [5.74, 6) is -0.851. The fourth-order valence-corrected chi connectivity index (χ4v) is 5.17. The maximum atomic E-state index is 13.3. The van der Waals surface area contributed by atoms with E-state index < -0.39 is 16.4 Å². The predicted octanol–water partition coefficient (Wildman–Crippen LogP) is 3.34. The number of rotatable bonds is 3. The van der Waals surface area contributed by atoms with Crippen LogP contribution in [0.5, 0.6) is 5.75 Å². The quantitative estimate of drug-likeness (QED) is 0.375. The molecule has 0 bridgehead atoms. The first-order valence-corrected chi connectivity index (χ1v) is 10.2. The summed E-state index contributed by atoms with van der Waals surface area (Å²) >= 11 is 1.58. The molecule has 0 spiro atoms. The number of nitro benzene ring substituents is 1. The third kappa shape index (κ3) is 2.76. The van der Waals surface area contributed by atoms with E-state index >= 15 is 0 Å². The number of hydrogen-bond acceptors (Lipinski definition) is 7. The van der Waals surface area contributed by atoms with Crippen molar-refractivity contribution in [2.75, 3.05) is 5.32 Å². The molecule has 0 radical (unpaired) electrons. The summed E-state index contributed by atoms with van der Waals surface area (Å²) < 4.78 is 0. The number of carbonyl (C=O) groups excluding carboxylic acids is 1. The average molecular weight is 424 g/mol. The number of allylic oxidation sites excluding steroid dienone is 2. The number of benzene rings is 1. The summed E-state index contributed by atoms with van der Waals surface area (Å²) in [6.07, 6.45) is 0.825. The number of hydrogen-bond donors (Lipinski definition) is 4. The van der Waals surface area contributed by atoms with Gasteiger partial charge in [0.25, 0.3) is 11.2 Å². The van der Waals surface area contributed by atoms with Gasteiger partial charge in [-0.3, -0.25) is 29.9 Å². The number of phenolic OH excluding ortho intramolecular Hbond substituents is 1. The van der Waals surface area contributed by atoms with Gasteiger partial charge in [-0.1, -0.05) is 6.07 Å². The zero-order chi connectivity index (χ0) is 21.0. The molecule has 0 unspecified atom stereocenters. The van der Waals surface area contributed by atoms with E-state index in [0.717, 1.165) is 4.88 Å². The molecule has 152 valence electrons. The second kappa shape index (κ2) is 6.70. The lowest BCUT2D eigenvalue weighted by molar-refractivity contribution is -0.384. The van der Waals surface area contributed by atoms with Gasteiger partial charge in [0.2, 0.25) is 0 Å². The van der Waals surface area contributed by atoms with Crippen LogP contribution >= 0.6 is 11.3 Å². The normalized spacial score (nSPS) is 20.5. The molecule has 0 saturated heterocycles. The molecule has 9 nitrogen and oxygen atoms in total. The molecule has 2 atom stereocenters. The van der Waals surface area contributed by atoms with Crippen LogP contribution in [0, 0.1) is 10.1 Å². The number of nitro groups is 1. The Bertz CT molecular complexity index is 1270. The van der Waals surface area contributed by atoms with Crippen molar-refractivity contribution in [3.63, 3.8) is 0 Å². The standard InChI is InChI=1S/C20H16N4O5S/c25-13-4-3-10(24(28)29)8-11(13)16-17-12(21-19-18(16)20(27)23-22-19)6-9(7-14(17)26)15-2-1-5-30-15/h1-5,8-9,16,25H,6-7H2,(H3,21,22,23,27)/t9-,16+/m0/s1. The van der Waals surface area contributed by atoms with Crippen molar-refractivity contribution >= 4 is 28.6 Å². The number of nitrogens with one attached hydrogen (secondary N) is 3. The largest absolute Gasteiger partial charge is 0.508 e. The molecule has 1 aromatic carbocycles. The number of H-pyrrole nitrogens is 2. The van der Waals surface area contributed by atoms with Crippen molar-refractivity contribution in [1.82, 2.24) is 10.2 Å². The van der Waals surface area contributed by atoms with Crippen LogP contribution in [0.1, 0.15) is 40.7 Å². The van der Waals surface area contributed by atoms with Crippen LogP contribution in [0.2, 0.25) is 0 Å². The molecule has 0 fully saturated rings. The summed E-state index contributed by atoms with van der Waals surface area (Å²) in [7, 11) is 0. The lowest BCUT2D eigenvalue weighted by atomic mass is 9.73. The topological polar surface area (TPSA) is 141 Å². The number of aromatic amines is 2. The van der Waals surface area contributed by atoms with Crippen molar-refractivity contribution in [2.24, 2.45) is 0 Å². The second-order valence-electron chi connectivity index (χ2n) is 7.36. The van der Waals surface area contributed by atoms with Crippen LogP contribution < -0.4 is 10.9 Å². The van der Waals surface area contributed by atoms with Crippen LogP contribution in [0.15, 0.2) is 51.8 Å². The second-order valence-corrected chi connectivity index (χ2v) is 8.34. The number of ketones is 1. The summed E-state index contributed by atoms with van der Waals surface area (Å²) in [6, 6.07) is 7.56. The highest BCUT2D eigenvalue weighted by atomic mass is 32.1. The minimum absolute atomic E-state index is 0.00956. The SMILES string of the molecule is O=C1C[C@@H](c2cccs2)CC2=C1[C@@H](c1cc([N+](=O)[O-])ccc1O)c1c([nH][nH]c1=O)N2. The third-order valence-electron chi connectivity index (χ3n) is 5.65. The molecule has 1 aliphatic heterocycles. The van der Waals surface area contributed by atoms with Crippen molar-refractivity contribution in [1.29, 1.82) is 0 Å². The van der Waals surface area contributed by atoms with Gasteiger partial charge in [0, 0.05) is 46.2 Å². The minimum Gasteiger partial charge on any atom is -0.508 e. The zero-order valence-electron chi connectivity index (χ0n) is 15.5. The summed E-state index contributed by atoms with van der Waals surface area (Å²) in [4.78, 5) is 37.6. The van der Waals surface area contributed by atoms with Gasteiger partial charge in [0.1, 0.15) is 11.6 Å². The van der Waals surface area contributed by atoms with Crippen LogP contribution in [0.4, 0.5) is 11.5 Å². The lowest BCUT2D eigenvalue weighted by Crippen LogP contribution is -2.31. The zero-order valence-corrected chi connectivity index (χ0v) is 16.3. The number of Topliss-reactive ketones (excluding diaryl/α,β-unsaturated/α-hetero) is 1. The summed E-state index contributed by atoms with van der Waals surface area (Å²) in [5.41, 5.74) is 0.740. The van der Waals surface area contributed by atoms with E-state index in [1.807, 2.05) is 17.5 Å². The highest BCUT2D eigenvalue weighted by molar-refractivity contribution is 7.10. The van der Waals surface area contributed by atoms with E-state index in [-0.39, 0.29) is 40.7 Å². The molecule has 5 rings (SSSR count). The predicted molar refractivity (Wildman–Crippen MR) is 110 cm³/mol. The third-order valence-corrected chi connectivity index (χ3v) is 6.69. The van der Waals surface area contributed by atoms with Gasteiger partial charge in [-0.2, -0.15) is 0 Å². The Kier molecular flexibility index (Phi) is 4.10. The Hall–Kier alpha value is -3.66. The first-order chi connectivity index (χ1) is 14.4. The van der Waals surface area contributed by atoms with Gasteiger partial charge in [-0.05, 0) is 23.9 Å². The molecular weight excluding hydrogens is 408 g/mol. The average Bonchev–Trinajstić information content (AvgIpc) is 3.37. The lowest BCUT2D eigenvalue weighted by Gasteiger charge is -2.34. The molecular formula is C20H16N4O5S. The fraction of sp³-hybridized carbons (Fsp3) is 0.200. The highest BCUT2D eigenvalue weighted by Gasteiger charge is 2.41. The van der Waals surface area contributed by atoms with Gasteiger partial charge in [0.15, 0.2) is 5.78 Å². The van der Waals surface area contributed by atoms with Crippen LogP contribution in [0.3, 0.4) is 0 Å². The van der Waals surface area contributed by atoms with Crippen LogP contribution in [-0.4, -0.2) is 26.0 Å². The number of carbonyl (C=O) groups is 1. The van der Waals surface area contributed by atoms with Crippen LogP contribution in [0.25, 0.3) is 0 Å². The van der Waals surface area contributed by atoms with E-state index in [1.165, 1.54) is 18.2 Å². The molecule has 3 heterocycles. The number of fused-ring (bicyclic) bond motifs is 1. The Morgan fingerprint density at radius 1 is 1.17 bits per heavy atom. The Morgan fingerprint density at radius 2 is 2.00 bits per heavy atom. The highest BCUT2D eigenvalue weighted by Crippen LogP contribution is 2.49. The molecule has 0 amide bonds. The number of aromatic nitrogens is 2. The van der Waals surface area contributed by atoms with E-state index in [0.29, 0.717) is 23.5 Å². The van der Waals surface area contributed by atoms with Crippen molar-refractivity contribution in [3.05, 3.63) is 83.5 Å². The number of thiophene rings is 1. The monoisotopic (exact) mass is 424 g/mol.